The number of rotatable bonds is 6. The molecular weight excluding hydrogens is 291 g/mol. The molecule has 2 N–H and O–H groups in total. The van der Waals surface area contributed by atoms with Crippen molar-refractivity contribution in [1.29, 1.82) is 0 Å². The number of alkyl halides is 3. The first kappa shape index (κ1) is 17.0. The Balaban J connectivity index is 3.06. The van der Waals surface area contributed by atoms with Gasteiger partial charge >= 0.3 is 12.1 Å². The van der Waals surface area contributed by atoms with E-state index >= 15 is 0 Å². The monoisotopic (exact) mass is 307 g/mol. The van der Waals surface area contributed by atoms with Crippen molar-refractivity contribution in [3.8, 4) is 0 Å². The number of nitrogens with zero attached hydrogens (tertiary/aromatic N) is 2. The van der Waals surface area contributed by atoms with Gasteiger partial charge in [-0.15, -0.1) is 0 Å². The molecule has 0 aromatic carbocycles. The Morgan fingerprint density at radius 3 is 2.48 bits per heavy atom. The summed E-state index contributed by atoms with van der Waals surface area (Å²) in [6.07, 6.45) is -3.22. The third-order valence-electron chi connectivity index (χ3n) is 2.78. The van der Waals surface area contributed by atoms with Gasteiger partial charge in [0, 0.05) is 12.7 Å². The summed E-state index contributed by atoms with van der Waals surface area (Å²) in [5.41, 5.74) is -1.99. The number of aromatic nitrogens is 2. The van der Waals surface area contributed by atoms with Crippen LogP contribution < -0.4 is 5.32 Å². The van der Waals surface area contributed by atoms with Gasteiger partial charge in [0.05, 0.1) is 5.56 Å². The van der Waals surface area contributed by atoms with Gasteiger partial charge in [0.1, 0.15) is 6.04 Å². The molecule has 1 heterocycles. The molecule has 0 radical (unpaired) electrons. The molecule has 9 heteroatoms. The largest absolute Gasteiger partial charge is 0.480 e. The van der Waals surface area contributed by atoms with E-state index in [9.17, 15) is 22.8 Å². The second-order valence-corrected chi connectivity index (χ2v) is 4.40. The molecule has 0 aliphatic carbocycles. The summed E-state index contributed by atoms with van der Waals surface area (Å²) >= 11 is 0. The van der Waals surface area contributed by atoms with Gasteiger partial charge in [0.2, 0.25) is 0 Å². The zero-order chi connectivity index (χ0) is 16.2. The first-order chi connectivity index (χ1) is 9.70. The number of carbonyl (C=O) groups is 2. The first-order valence-corrected chi connectivity index (χ1v) is 6.39. The van der Waals surface area contributed by atoms with Crippen molar-refractivity contribution >= 4 is 11.9 Å². The Hall–Kier alpha value is -2.06. The molecule has 6 nitrogen and oxygen atoms in total. The van der Waals surface area contributed by atoms with Crippen LogP contribution in [0, 0.1) is 0 Å². The number of carbonyl (C=O) groups excluding carboxylic acids is 1. The van der Waals surface area contributed by atoms with Gasteiger partial charge in [0.15, 0.2) is 5.69 Å². The van der Waals surface area contributed by atoms with E-state index in [0.29, 0.717) is 6.42 Å². The number of carboxylic acids is 1. The summed E-state index contributed by atoms with van der Waals surface area (Å²) in [6, 6.07) is -1.23. The van der Waals surface area contributed by atoms with Crippen LogP contribution in [0.1, 0.15) is 42.7 Å². The lowest BCUT2D eigenvalue weighted by molar-refractivity contribution is -0.141. The fraction of sp³-hybridized carbons (Fsp3) is 0.583. The van der Waals surface area contributed by atoms with Gasteiger partial charge in [-0.2, -0.15) is 18.3 Å². The van der Waals surface area contributed by atoms with E-state index in [-0.39, 0.29) is 13.0 Å². The van der Waals surface area contributed by atoms with Crippen LogP contribution >= 0.6 is 0 Å². The molecule has 1 rings (SSSR count). The molecule has 1 atom stereocenters. The molecule has 21 heavy (non-hydrogen) atoms. The lowest BCUT2D eigenvalue weighted by Gasteiger charge is -2.13. The Morgan fingerprint density at radius 1 is 1.43 bits per heavy atom. The van der Waals surface area contributed by atoms with E-state index in [0.717, 1.165) is 10.9 Å². The number of halogens is 3. The Bertz CT molecular complexity index is 526. The highest BCUT2D eigenvalue weighted by molar-refractivity contribution is 5.97. The molecule has 1 aromatic heterocycles. The lowest BCUT2D eigenvalue weighted by atomic mass is 10.1. The summed E-state index contributed by atoms with van der Waals surface area (Å²) in [5.74, 6) is -2.38. The van der Waals surface area contributed by atoms with Gasteiger partial charge < -0.3 is 10.4 Å². The standard InChI is InChI=1S/C12H16F3N3O3/c1-3-5-8(11(20)21)16-10(19)7-6-18(4-2)17-9(7)12(13,14)15/h6,8H,3-5H2,1-2H3,(H,16,19)(H,20,21). The quantitative estimate of drug-likeness (QED) is 0.840. The maximum atomic E-state index is 12.8. The topological polar surface area (TPSA) is 84.2 Å². The highest BCUT2D eigenvalue weighted by Gasteiger charge is 2.39. The summed E-state index contributed by atoms with van der Waals surface area (Å²) in [5, 5.41) is 14.3. The van der Waals surface area contributed by atoms with Crippen LogP contribution in [-0.2, 0) is 17.5 Å². The minimum atomic E-state index is -4.78. The third kappa shape index (κ3) is 4.20. The number of hydrogen-bond donors (Lipinski definition) is 2. The van der Waals surface area contributed by atoms with Crippen LogP contribution in [0.4, 0.5) is 13.2 Å². The Morgan fingerprint density at radius 2 is 2.05 bits per heavy atom. The van der Waals surface area contributed by atoms with Crippen LogP contribution in [0.2, 0.25) is 0 Å². The third-order valence-corrected chi connectivity index (χ3v) is 2.78. The molecule has 118 valence electrons. The summed E-state index contributed by atoms with van der Waals surface area (Å²) < 4.78 is 39.5. The van der Waals surface area contributed by atoms with Gasteiger partial charge in [-0.25, -0.2) is 4.79 Å². The molecule has 0 saturated heterocycles. The maximum absolute atomic E-state index is 12.8. The predicted octanol–water partition coefficient (Wildman–Crippen LogP) is 1.90. The van der Waals surface area contributed by atoms with E-state index in [2.05, 4.69) is 10.4 Å². The van der Waals surface area contributed by atoms with E-state index in [1.165, 1.54) is 0 Å². The smallest absolute Gasteiger partial charge is 0.435 e. The molecule has 1 aromatic rings. The second-order valence-electron chi connectivity index (χ2n) is 4.40. The van der Waals surface area contributed by atoms with E-state index in [1.54, 1.807) is 13.8 Å². The summed E-state index contributed by atoms with van der Waals surface area (Å²) in [6.45, 7) is 3.44. The zero-order valence-electron chi connectivity index (χ0n) is 11.6. The molecule has 0 aliphatic heterocycles. The maximum Gasteiger partial charge on any atom is 0.435 e. The zero-order valence-corrected chi connectivity index (χ0v) is 11.6. The minimum Gasteiger partial charge on any atom is -0.480 e. The van der Waals surface area contributed by atoms with E-state index in [1.807, 2.05) is 0 Å². The first-order valence-electron chi connectivity index (χ1n) is 6.39. The van der Waals surface area contributed by atoms with Crippen molar-refractivity contribution in [2.45, 2.75) is 45.5 Å². The van der Waals surface area contributed by atoms with Gasteiger partial charge in [0.25, 0.3) is 5.91 Å². The molecule has 0 aliphatic rings. The number of nitrogens with one attached hydrogen (secondary N) is 1. The van der Waals surface area contributed by atoms with Crippen molar-refractivity contribution in [3.63, 3.8) is 0 Å². The predicted molar refractivity (Wildman–Crippen MR) is 66.7 cm³/mol. The average Bonchev–Trinajstić information content (AvgIpc) is 2.82. The molecule has 1 amide bonds. The highest BCUT2D eigenvalue weighted by Crippen LogP contribution is 2.30. The summed E-state index contributed by atoms with van der Waals surface area (Å²) in [7, 11) is 0. The van der Waals surface area contributed by atoms with Gasteiger partial charge in [-0.05, 0) is 13.3 Å². The fourth-order valence-electron chi connectivity index (χ4n) is 1.74. The van der Waals surface area contributed by atoms with Crippen molar-refractivity contribution in [2.75, 3.05) is 0 Å². The number of amides is 1. The average molecular weight is 307 g/mol. The highest BCUT2D eigenvalue weighted by atomic mass is 19.4. The normalized spacial score (nSPS) is 13.0. The van der Waals surface area contributed by atoms with Gasteiger partial charge in [-0.1, -0.05) is 13.3 Å². The lowest BCUT2D eigenvalue weighted by Crippen LogP contribution is -2.41. The molecule has 0 bridgehead atoms. The summed E-state index contributed by atoms with van der Waals surface area (Å²) in [4.78, 5) is 22.8. The van der Waals surface area contributed by atoms with Crippen molar-refractivity contribution < 1.29 is 27.9 Å². The van der Waals surface area contributed by atoms with E-state index < -0.39 is 35.4 Å². The van der Waals surface area contributed by atoms with Gasteiger partial charge in [-0.3, -0.25) is 9.48 Å². The minimum absolute atomic E-state index is 0.129. The molecule has 1 unspecified atom stereocenters. The number of carboxylic acid groups (broad SMARTS) is 1. The molecule has 0 spiro atoms. The van der Waals surface area contributed by atoms with Crippen molar-refractivity contribution in [1.82, 2.24) is 15.1 Å². The Kier molecular flexibility index (Phi) is 5.34. The fourth-order valence-corrected chi connectivity index (χ4v) is 1.74. The molecular formula is C12H16F3N3O3. The van der Waals surface area contributed by atoms with Crippen LogP contribution in [0.3, 0.4) is 0 Å². The number of aliphatic carboxylic acids is 1. The van der Waals surface area contributed by atoms with Crippen molar-refractivity contribution in [3.05, 3.63) is 17.5 Å². The van der Waals surface area contributed by atoms with Crippen molar-refractivity contribution in [2.24, 2.45) is 0 Å². The van der Waals surface area contributed by atoms with Crippen LogP contribution in [-0.4, -0.2) is 32.8 Å². The SMILES string of the molecule is CCCC(NC(=O)c1cn(CC)nc1C(F)(F)F)C(=O)O. The van der Waals surface area contributed by atoms with Crippen LogP contribution in [0.15, 0.2) is 6.20 Å². The number of hydrogen-bond acceptors (Lipinski definition) is 3. The molecule has 0 saturated carbocycles. The molecule has 0 fully saturated rings. The number of aryl methyl sites for hydroxylation is 1. The second kappa shape index (κ2) is 6.59. The van der Waals surface area contributed by atoms with E-state index in [4.69, 9.17) is 5.11 Å². The van der Waals surface area contributed by atoms with Crippen LogP contribution in [0.5, 0.6) is 0 Å². The van der Waals surface area contributed by atoms with Crippen LogP contribution in [0.25, 0.3) is 0 Å². The Labute approximate surface area is 118 Å².